The van der Waals surface area contributed by atoms with E-state index in [-0.39, 0.29) is 17.6 Å². The summed E-state index contributed by atoms with van der Waals surface area (Å²) in [5, 5.41) is 3.25. The van der Waals surface area contributed by atoms with Crippen molar-refractivity contribution >= 4 is 23.4 Å². The third-order valence-electron chi connectivity index (χ3n) is 4.86. The molecule has 5 nitrogen and oxygen atoms in total. The van der Waals surface area contributed by atoms with Crippen LogP contribution in [0.4, 0.5) is 4.39 Å². The number of nitrogens with one attached hydrogen (secondary N) is 1. The second-order valence-corrected chi connectivity index (χ2v) is 7.07. The van der Waals surface area contributed by atoms with Crippen LogP contribution in [-0.4, -0.2) is 43.0 Å². The predicted octanol–water partition coefficient (Wildman–Crippen LogP) is 3.45. The number of carbonyl (C=O) groups is 2. The van der Waals surface area contributed by atoms with Crippen molar-refractivity contribution in [2.45, 2.75) is 25.3 Å². The Morgan fingerprint density at radius 3 is 2.82 bits per heavy atom. The van der Waals surface area contributed by atoms with E-state index in [0.29, 0.717) is 47.8 Å². The smallest absolute Gasteiger partial charge is 0.258 e. The van der Waals surface area contributed by atoms with Crippen molar-refractivity contribution in [3.8, 4) is 5.75 Å². The van der Waals surface area contributed by atoms with Gasteiger partial charge in [-0.05, 0) is 49.1 Å². The standard InChI is InChI=1S/C21H22ClFN2O3/c1-28-19-9-8-15(22)13-16(19)21(27)25-12-4-7-18(25)20(26)24-11-10-14-5-2-3-6-17(14)23/h2-3,5-6,8-9,13,18H,4,7,10-12H2,1H3,(H,24,26). The highest BCUT2D eigenvalue weighted by atomic mass is 35.5. The zero-order valence-electron chi connectivity index (χ0n) is 15.6. The normalized spacial score (nSPS) is 16.1. The van der Waals surface area contributed by atoms with Gasteiger partial charge in [0.2, 0.25) is 5.91 Å². The minimum atomic E-state index is -0.559. The maximum absolute atomic E-state index is 13.7. The lowest BCUT2D eigenvalue weighted by molar-refractivity contribution is -0.124. The number of likely N-dealkylation sites (tertiary alicyclic amines) is 1. The van der Waals surface area contributed by atoms with E-state index in [1.807, 2.05) is 0 Å². The molecule has 2 amide bonds. The van der Waals surface area contributed by atoms with Crippen LogP contribution < -0.4 is 10.1 Å². The number of rotatable bonds is 6. The molecule has 1 aliphatic heterocycles. The zero-order chi connectivity index (χ0) is 20.1. The summed E-state index contributed by atoms with van der Waals surface area (Å²) < 4.78 is 18.9. The van der Waals surface area contributed by atoms with Crippen LogP contribution in [-0.2, 0) is 11.2 Å². The molecule has 1 saturated heterocycles. The Hall–Kier alpha value is -2.60. The number of hydrogen-bond acceptors (Lipinski definition) is 3. The van der Waals surface area contributed by atoms with E-state index in [9.17, 15) is 14.0 Å². The monoisotopic (exact) mass is 404 g/mol. The molecule has 0 bridgehead atoms. The van der Waals surface area contributed by atoms with Crippen LogP contribution in [0.1, 0.15) is 28.8 Å². The molecule has 0 saturated carbocycles. The molecular formula is C21H22ClFN2O3. The Morgan fingerprint density at radius 1 is 1.29 bits per heavy atom. The number of amides is 2. The summed E-state index contributed by atoms with van der Waals surface area (Å²) in [5.74, 6) is -0.392. The lowest BCUT2D eigenvalue weighted by Crippen LogP contribution is -2.46. The topological polar surface area (TPSA) is 58.6 Å². The van der Waals surface area contributed by atoms with Gasteiger partial charge in [0.15, 0.2) is 0 Å². The first-order valence-electron chi connectivity index (χ1n) is 9.17. The first kappa shape index (κ1) is 20.1. The molecule has 1 heterocycles. The highest BCUT2D eigenvalue weighted by molar-refractivity contribution is 6.31. The van der Waals surface area contributed by atoms with Crippen LogP contribution in [0, 0.1) is 5.82 Å². The number of benzene rings is 2. The highest BCUT2D eigenvalue weighted by Gasteiger charge is 2.35. The molecule has 0 spiro atoms. The predicted molar refractivity (Wildman–Crippen MR) is 105 cm³/mol. The minimum Gasteiger partial charge on any atom is -0.496 e. The van der Waals surface area contributed by atoms with E-state index in [1.54, 1.807) is 41.3 Å². The quantitative estimate of drug-likeness (QED) is 0.802. The molecule has 1 aliphatic rings. The van der Waals surface area contributed by atoms with Gasteiger partial charge in [0.1, 0.15) is 17.6 Å². The third-order valence-corrected chi connectivity index (χ3v) is 5.09. The molecule has 0 aliphatic carbocycles. The third kappa shape index (κ3) is 4.44. The summed E-state index contributed by atoms with van der Waals surface area (Å²) in [4.78, 5) is 27.2. The van der Waals surface area contributed by atoms with Gasteiger partial charge < -0.3 is 15.0 Å². The summed E-state index contributed by atoms with van der Waals surface area (Å²) in [6, 6.07) is 10.7. The van der Waals surface area contributed by atoms with Crippen LogP contribution >= 0.6 is 11.6 Å². The highest BCUT2D eigenvalue weighted by Crippen LogP contribution is 2.27. The van der Waals surface area contributed by atoms with E-state index < -0.39 is 6.04 Å². The van der Waals surface area contributed by atoms with Crippen LogP contribution in [0.2, 0.25) is 5.02 Å². The van der Waals surface area contributed by atoms with Crippen molar-refractivity contribution in [3.05, 3.63) is 64.4 Å². The molecule has 1 atom stereocenters. The van der Waals surface area contributed by atoms with Crippen molar-refractivity contribution < 1.29 is 18.7 Å². The lowest BCUT2D eigenvalue weighted by atomic mass is 10.1. The second kappa shape index (κ2) is 9.06. The molecular weight excluding hydrogens is 383 g/mol. The summed E-state index contributed by atoms with van der Waals surface area (Å²) in [6.45, 7) is 0.790. The van der Waals surface area contributed by atoms with E-state index in [0.717, 1.165) is 6.42 Å². The SMILES string of the molecule is COc1ccc(Cl)cc1C(=O)N1CCCC1C(=O)NCCc1ccccc1F. The molecule has 28 heavy (non-hydrogen) atoms. The van der Waals surface area contributed by atoms with Gasteiger partial charge in [0, 0.05) is 18.1 Å². The molecule has 148 valence electrons. The number of hydrogen-bond donors (Lipinski definition) is 1. The van der Waals surface area contributed by atoms with Crippen molar-refractivity contribution in [2.75, 3.05) is 20.2 Å². The number of methoxy groups -OCH3 is 1. The number of halogens is 2. The summed E-state index contributed by atoms with van der Waals surface area (Å²) in [5.41, 5.74) is 0.881. The van der Waals surface area contributed by atoms with Gasteiger partial charge in [0.25, 0.3) is 5.91 Å². The molecule has 1 unspecified atom stereocenters. The van der Waals surface area contributed by atoms with Gasteiger partial charge in [0.05, 0.1) is 12.7 Å². The first-order valence-corrected chi connectivity index (χ1v) is 9.54. The Kier molecular flexibility index (Phi) is 6.52. The summed E-state index contributed by atoms with van der Waals surface area (Å²) in [6.07, 6.45) is 1.71. The second-order valence-electron chi connectivity index (χ2n) is 6.63. The van der Waals surface area contributed by atoms with Gasteiger partial charge in [-0.1, -0.05) is 29.8 Å². The Morgan fingerprint density at radius 2 is 2.07 bits per heavy atom. The molecule has 0 aromatic heterocycles. The van der Waals surface area contributed by atoms with Gasteiger partial charge in [-0.2, -0.15) is 0 Å². The van der Waals surface area contributed by atoms with Crippen LogP contribution in [0.5, 0.6) is 5.75 Å². The average Bonchev–Trinajstić information content (AvgIpc) is 3.18. The van der Waals surface area contributed by atoms with E-state index in [4.69, 9.17) is 16.3 Å². The lowest BCUT2D eigenvalue weighted by Gasteiger charge is -2.25. The molecule has 2 aromatic carbocycles. The van der Waals surface area contributed by atoms with Gasteiger partial charge >= 0.3 is 0 Å². The number of carbonyl (C=O) groups excluding carboxylic acids is 2. The Bertz CT molecular complexity index is 874. The molecule has 2 aromatic rings. The fraction of sp³-hybridized carbons (Fsp3) is 0.333. The maximum Gasteiger partial charge on any atom is 0.258 e. The summed E-state index contributed by atoms with van der Waals surface area (Å²) in [7, 11) is 1.48. The molecule has 0 radical (unpaired) electrons. The van der Waals surface area contributed by atoms with Crippen LogP contribution in [0.15, 0.2) is 42.5 Å². The Labute approximate surface area is 168 Å². The van der Waals surface area contributed by atoms with E-state index >= 15 is 0 Å². The zero-order valence-corrected chi connectivity index (χ0v) is 16.3. The average molecular weight is 405 g/mol. The fourth-order valence-corrected chi connectivity index (χ4v) is 3.60. The van der Waals surface area contributed by atoms with E-state index in [2.05, 4.69) is 5.32 Å². The van der Waals surface area contributed by atoms with Crippen LogP contribution in [0.25, 0.3) is 0 Å². The van der Waals surface area contributed by atoms with Gasteiger partial charge in [-0.25, -0.2) is 4.39 Å². The van der Waals surface area contributed by atoms with Crippen molar-refractivity contribution in [2.24, 2.45) is 0 Å². The minimum absolute atomic E-state index is 0.233. The fourth-order valence-electron chi connectivity index (χ4n) is 3.42. The molecule has 3 rings (SSSR count). The summed E-state index contributed by atoms with van der Waals surface area (Å²) >= 11 is 6.03. The number of nitrogens with zero attached hydrogens (tertiary/aromatic N) is 1. The van der Waals surface area contributed by atoms with Crippen molar-refractivity contribution in [1.82, 2.24) is 10.2 Å². The Balaban J connectivity index is 1.65. The van der Waals surface area contributed by atoms with Gasteiger partial charge in [-0.15, -0.1) is 0 Å². The van der Waals surface area contributed by atoms with E-state index in [1.165, 1.54) is 13.2 Å². The first-order chi connectivity index (χ1) is 13.5. The van der Waals surface area contributed by atoms with Crippen molar-refractivity contribution in [3.63, 3.8) is 0 Å². The number of ether oxygens (including phenoxy) is 1. The maximum atomic E-state index is 13.7. The molecule has 1 fully saturated rings. The largest absolute Gasteiger partial charge is 0.496 e. The molecule has 1 N–H and O–H groups in total. The van der Waals surface area contributed by atoms with Gasteiger partial charge in [-0.3, -0.25) is 9.59 Å². The molecule has 7 heteroatoms. The van der Waals surface area contributed by atoms with Crippen LogP contribution in [0.3, 0.4) is 0 Å². The van der Waals surface area contributed by atoms with Crippen molar-refractivity contribution in [1.29, 1.82) is 0 Å².